The van der Waals surface area contributed by atoms with Crippen molar-refractivity contribution in [2.24, 2.45) is 4.40 Å². The number of amidine groups is 1. The lowest BCUT2D eigenvalue weighted by molar-refractivity contribution is -0.144. The molecule has 0 saturated carbocycles. The van der Waals surface area contributed by atoms with Crippen molar-refractivity contribution in [3.63, 3.8) is 0 Å². The number of carbonyl (C=O) groups excluding carboxylic acids is 1. The third kappa shape index (κ3) is 3.69. The molecule has 9 nitrogen and oxygen atoms in total. The van der Waals surface area contributed by atoms with Crippen molar-refractivity contribution >= 4 is 32.7 Å². The van der Waals surface area contributed by atoms with Gasteiger partial charge in [-0.2, -0.15) is 8.42 Å². The fourth-order valence-corrected chi connectivity index (χ4v) is 4.42. The smallest absolute Gasteiger partial charge is 0.326 e. The van der Waals surface area contributed by atoms with Gasteiger partial charge in [-0.3, -0.25) is 14.2 Å². The number of rotatable bonds is 5. The van der Waals surface area contributed by atoms with E-state index in [4.69, 9.17) is 4.74 Å². The van der Waals surface area contributed by atoms with Crippen LogP contribution in [0.4, 0.5) is 0 Å². The summed E-state index contributed by atoms with van der Waals surface area (Å²) in [6, 6.07) is 13.4. The van der Waals surface area contributed by atoms with Gasteiger partial charge in [-0.15, -0.1) is 4.40 Å². The summed E-state index contributed by atoms with van der Waals surface area (Å²) in [7, 11) is -2.04. The van der Waals surface area contributed by atoms with E-state index in [1.807, 2.05) is 0 Å². The van der Waals surface area contributed by atoms with E-state index in [-0.39, 0.29) is 30.2 Å². The van der Waals surface area contributed by atoms with Gasteiger partial charge in [0.25, 0.3) is 15.6 Å². The van der Waals surface area contributed by atoms with Crippen molar-refractivity contribution < 1.29 is 17.9 Å². The first-order valence-electron chi connectivity index (χ1n) is 9.12. The molecule has 2 aromatic carbocycles. The zero-order chi connectivity index (χ0) is 21.3. The lowest BCUT2D eigenvalue weighted by Crippen LogP contribution is -2.32. The van der Waals surface area contributed by atoms with E-state index in [0.29, 0.717) is 22.3 Å². The monoisotopic (exact) mass is 426 g/mol. The number of ether oxygens (including phenoxy) is 1. The van der Waals surface area contributed by atoms with Gasteiger partial charge >= 0.3 is 5.97 Å². The molecule has 0 saturated heterocycles. The molecule has 30 heavy (non-hydrogen) atoms. The number of hydrogen-bond donors (Lipinski definition) is 0. The molecule has 0 aliphatic carbocycles. The lowest BCUT2D eigenvalue weighted by Gasteiger charge is -2.18. The molecule has 0 amide bonds. The van der Waals surface area contributed by atoms with Crippen LogP contribution in [0, 0.1) is 0 Å². The van der Waals surface area contributed by atoms with E-state index in [9.17, 15) is 18.0 Å². The van der Waals surface area contributed by atoms with Crippen LogP contribution in [0.15, 0.2) is 68.9 Å². The van der Waals surface area contributed by atoms with Gasteiger partial charge in [0.2, 0.25) is 0 Å². The van der Waals surface area contributed by atoms with Gasteiger partial charge in [-0.05, 0) is 24.3 Å². The van der Waals surface area contributed by atoms with Crippen LogP contribution in [0.5, 0.6) is 0 Å². The average Bonchev–Trinajstić information content (AvgIpc) is 3.02. The van der Waals surface area contributed by atoms with Crippen LogP contribution < -0.4 is 5.56 Å². The van der Waals surface area contributed by atoms with Gasteiger partial charge in [-0.1, -0.05) is 24.3 Å². The molecule has 1 aliphatic heterocycles. The van der Waals surface area contributed by atoms with Crippen molar-refractivity contribution in [2.45, 2.75) is 11.4 Å². The summed E-state index contributed by atoms with van der Waals surface area (Å²) in [6.07, 6.45) is 1.31. The Bertz CT molecular complexity index is 1330. The molecular weight excluding hydrogens is 408 g/mol. The minimum Gasteiger partial charge on any atom is -0.462 e. The first-order chi connectivity index (χ1) is 14.4. The maximum Gasteiger partial charge on any atom is 0.326 e. The molecule has 10 heteroatoms. The Labute approximate surface area is 172 Å². The Hall–Kier alpha value is -3.53. The maximum atomic E-state index is 12.4. The average molecular weight is 426 g/mol. The largest absolute Gasteiger partial charge is 0.462 e. The molecule has 3 aromatic rings. The van der Waals surface area contributed by atoms with Crippen LogP contribution in [0.3, 0.4) is 0 Å². The Morgan fingerprint density at radius 2 is 1.87 bits per heavy atom. The second-order valence-electron chi connectivity index (χ2n) is 6.72. The molecule has 0 spiro atoms. The van der Waals surface area contributed by atoms with Crippen LogP contribution in [0.1, 0.15) is 5.56 Å². The molecule has 1 aromatic heterocycles. The second-order valence-corrected chi connectivity index (χ2v) is 8.30. The van der Waals surface area contributed by atoms with Gasteiger partial charge < -0.3 is 9.64 Å². The van der Waals surface area contributed by atoms with E-state index >= 15 is 0 Å². The van der Waals surface area contributed by atoms with Crippen LogP contribution in [-0.2, 0) is 26.1 Å². The van der Waals surface area contributed by atoms with Crippen molar-refractivity contribution in [3.8, 4) is 0 Å². The number of aromatic nitrogens is 2. The first-order valence-corrected chi connectivity index (χ1v) is 10.6. The van der Waals surface area contributed by atoms with Crippen LogP contribution in [0.25, 0.3) is 10.9 Å². The van der Waals surface area contributed by atoms with E-state index in [1.165, 1.54) is 17.0 Å². The number of likely N-dealkylation sites (N-methyl/N-ethyl adjacent to an activating group) is 1. The molecule has 0 radical (unpaired) electrons. The zero-order valence-corrected chi connectivity index (χ0v) is 16.9. The topological polar surface area (TPSA) is 111 Å². The Kier molecular flexibility index (Phi) is 5.08. The molecule has 0 unspecified atom stereocenters. The van der Waals surface area contributed by atoms with Gasteiger partial charge in [-0.25, -0.2) is 4.98 Å². The third-order valence-electron chi connectivity index (χ3n) is 4.69. The number of para-hydroxylation sites is 1. The third-order valence-corrected chi connectivity index (χ3v) is 6.02. The number of fused-ring (bicyclic) bond motifs is 2. The summed E-state index contributed by atoms with van der Waals surface area (Å²) in [6.45, 7) is -0.0236. The summed E-state index contributed by atoms with van der Waals surface area (Å²) in [5.74, 6) is -0.291. The molecule has 2 heterocycles. The highest BCUT2D eigenvalue weighted by Crippen LogP contribution is 2.26. The molecule has 0 atom stereocenters. The number of benzene rings is 2. The summed E-state index contributed by atoms with van der Waals surface area (Å²) in [5, 5.41) is 0.423. The summed E-state index contributed by atoms with van der Waals surface area (Å²) in [4.78, 5) is 30.5. The van der Waals surface area contributed by atoms with E-state index < -0.39 is 16.0 Å². The molecule has 0 bridgehead atoms. The highest BCUT2D eigenvalue weighted by atomic mass is 32.2. The van der Waals surface area contributed by atoms with Crippen molar-refractivity contribution in [1.82, 2.24) is 14.5 Å². The highest BCUT2D eigenvalue weighted by molar-refractivity contribution is 7.90. The first kappa shape index (κ1) is 19.8. The molecule has 0 fully saturated rings. The predicted octanol–water partition coefficient (Wildman–Crippen LogP) is 1.02. The zero-order valence-electron chi connectivity index (χ0n) is 16.1. The summed E-state index contributed by atoms with van der Waals surface area (Å²) >= 11 is 0. The summed E-state index contributed by atoms with van der Waals surface area (Å²) in [5.41, 5.74) is 0.748. The Morgan fingerprint density at radius 3 is 2.70 bits per heavy atom. The number of esters is 1. The SMILES string of the molecule is CN(CCOC(=O)Cn1cnc2ccccc2c1=O)C1=NS(=O)(=O)c2ccccc21. The number of nitrogens with zero attached hydrogens (tertiary/aromatic N) is 4. The Balaban J connectivity index is 1.38. The van der Waals surface area contributed by atoms with E-state index in [1.54, 1.807) is 54.4 Å². The summed E-state index contributed by atoms with van der Waals surface area (Å²) < 4.78 is 34.5. The fourth-order valence-electron chi connectivity index (χ4n) is 3.17. The minimum absolute atomic E-state index is 0.00628. The van der Waals surface area contributed by atoms with Gasteiger partial charge in [0.15, 0.2) is 5.84 Å². The Morgan fingerprint density at radius 1 is 1.13 bits per heavy atom. The maximum absolute atomic E-state index is 12.4. The standard InChI is InChI=1S/C20H18N4O5S/c1-23(19-15-7-3-5-9-17(15)30(27,28)22-19)10-11-29-18(25)12-24-13-21-16-8-4-2-6-14(16)20(24)26/h2-9,13H,10-12H2,1H3. The number of hydrogen-bond acceptors (Lipinski definition) is 7. The van der Waals surface area contributed by atoms with E-state index in [0.717, 1.165) is 0 Å². The highest BCUT2D eigenvalue weighted by Gasteiger charge is 2.30. The normalized spacial score (nSPS) is 14.2. The van der Waals surface area contributed by atoms with Gasteiger partial charge in [0, 0.05) is 12.6 Å². The molecule has 4 rings (SSSR count). The second kappa shape index (κ2) is 7.71. The quantitative estimate of drug-likeness (QED) is 0.560. The van der Waals surface area contributed by atoms with Gasteiger partial charge in [0.1, 0.15) is 18.0 Å². The van der Waals surface area contributed by atoms with Crippen molar-refractivity contribution in [3.05, 3.63) is 70.8 Å². The van der Waals surface area contributed by atoms with Crippen LogP contribution in [0.2, 0.25) is 0 Å². The molecule has 0 N–H and O–H groups in total. The predicted molar refractivity (Wildman–Crippen MR) is 110 cm³/mol. The lowest BCUT2D eigenvalue weighted by atomic mass is 10.2. The van der Waals surface area contributed by atoms with Crippen LogP contribution >= 0.6 is 0 Å². The molecule has 154 valence electrons. The van der Waals surface area contributed by atoms with E-state index in [2.05, 4.69) is 9.38 Å². The fraction of sp³-hybridized carbons (Fsp3) is 0.200. The molecule has 1 aliphatic rings. The van der Waals surface area contributed by atoms with Crippen LogP contribution in [-0.4, -0.2) is 54.9 Å². The molecular formula is C20H18N4O5S. The van der Waals surface area contributed by atoms with Crippen molar-refractivity contribution in [1.29, 1.82) is 0 Å². The van der Waals surface area contributed by atoms with Gasteiger partial charge in [0.05, 0.1) is 23.8 Å². The number of sulfonamides is 1. The van der Waals surface area contributed by atoms with Crippen molar-refractivity contribution in [2.75, 3.05) is 20.2 Å². The minimum atomic E-state index is -3.71. The number of carbonyl (C=O) groups is 1.